The van der Waals surface area contributed by atoms with Gasteiger partial charge in [0.05, 0.1) is 0 Å². The van der Waals surface area contributed by atoms with Crippen molar-refractivity contribution in [2.45, 2.75) is 50.9 Å². The molecule has 0 atom stereocenters. The summed E-state index contributed by atoms with van der Waals surface area (Å²) in [6, 6.07) is 4.06. The summed E-state index contributed by atoms with van der Waals surface area (Å²) in [4.78, 5) is 11.4. The highest BCUT2D eigenvalue weighted by atomic mass is 16.3. The van der Waals surface area contributed by atoms with E-state index in [0.717, 1.165) is 36.8 Å². The number of fused-ring (bicyclic) bond motifs is 2. The molecule has 0 heterocycles. The van der Waals surface area contributed by atoms with Gasteiger partial charge in [0.15, 0.2) is 0 Å². The van der Waals surface area contributed by atoms with Gasteiger partial charge in [0.1, 0.15) is 11.5 Å². The summed E-state index contributed by atoms with van der Waals surface area (Å²) in [6.45, 7) is 2.02. The highest BCUT2D eigenvalue weighted by Crippen LogP contribution is 2.51. The summed E-state index contributed by atoms with van der Waals surface area (Å²) in [5, 5.41) is 10.2. The fourth-order valence-corrected chi connectivity index (χ4v) is 3.66. The third-order valence-electron chi connectivity index (χ3n) is 4.51. The van der Waals surface area contributed by atoms with Crippen LogP contribution >= 0.6 is 0 Å². The molecule has 2 nitrogen and oxygen atoms in total. The number of rotatable bonds is 0. The molecule has 0 amide bonds. The monoisotopic (exact) mass is 230 g/mol. The van der Waals surface area contributed by atoms with Crippen LogP contribution in [0.5, 0.6) is 5.75 Å². The topological polar surface area (TPSA) is 37.3 Å². The van der Waals surface area contributed by atoms with E-state index < -0.39 is 0 Å². The lowest BCUT2D eigenvalue weighted by Crippen LogP contribution is -2.29. The molecular formula is C15H18O2. The number of Topliss-reactive ketones (excluding diaryl/α,β-unsaturated/α-hetero) is 1. The van der Waals surface area contributed by atoms with Crippen molar-refractivity contribution < 1.29 is 9.90 Å². The molecule has 0 saturated heterocycles. The van der Waals surface area contributed by atoms with E-state index in [9.17, 15) is 9.90 Å². The molecule has 0 bridgehead atoms. The maximum absolute atomic E-state index is 11.4. The number of aryl methyl sites for hydroxylation is 2. The van der Waals surface area contributed by atoms with Crippen LogP contribution in [0.2, 0.25) is 0 Å². The minimum atomic E-state index is 0.0982. The first kappa shape index (κ1) is 10.8. The van der Waals surface area contributed by atoms with Crippen molar-refractivity contribution in [1.82, 2.24) is 0 Å². The number of benzene rings is 1. The van der Waals surface area contributed by atoms with Crippen LogP contribution in [0.15, 0.2) is 12.1 Å². The number of phenolic OH excluding ortho intramolecular Hbond substituents is 1. The van der Waals surface area contributed by atoms with Crippen molar-refractivity contribution in [2.24, 2.45) is 0 Å². The molecular weight excluding hydrogens is 212 g/mol. The molecule has 1 aromatic rings. The summed E-state index contributed by atoms with van der Waals surface area (Å²) < 4.78 is 0. The van der Waals surface area contributed by atoms with Crippen molar-refractivity contribution >= 4 is 5.78 Å². The predicted octanol–water partition coefficient (Wildman–Crippen LogP) is 3.03. The zero-order chi connectivity index (χ0) is 12.0. The number of phenols is 1. The maximum atomic E-state index is 11.4. The standard InChI is InChI=1S/C15H18O2/c1-10-8-11-2-5-15(14(11)13(17)9-10)6-3-12(16)4-7-15/h8-9,17H,2-7H2,1H3. The van der Waals surface area contributed by atoms with Crippen LogP contribution in [0.1, 0.15) is 48.8 Å². The first-order valence-electron chi connectivity index (χ1n) is 6.45. The molecule has 2 aliphatic rings. The predicted molar refractivity (Wildman–Crippen MR) is 66.3 cm³/mol. The van der Waals surface area contributed by atoms with Gasteiger partial charge >= 0.3 is 0 Å². The summed E-state index contributed by atoms with van der Waals surface area (Å²) in [5.74, 6) is 0.836. The maximum Gasteiger partial charge on any atom is 0.132 e. The van der Waals surface area contributed by atoms with E-state index in [0.29, 0.717) is 24.4 Å². The van der Waals surface area contributed by atoms with Crippen LogP contribution in [0, 0.1) is 6.92 Å². The molecule has 0 aliphatic heterocycles. The van der Waals surface area contributed by atoms with Gasteiger partial charge in [0.25, 0.3) is 0 Å². The van der Waals surface area contributed by atoms with Crippen LogP contribution < -0.4 is 0 Å². The number of aromatic hydroxyl groups is 1. The van der Waals surface area contributed by atoms with Crippen molar-refractivity contribution in [3.8, 4) is 5.75 Å². The fraction of sp³-hybridized carbons (Fsp3) is 0.533. The Hall–Kier alpha value is -1.31. The SMILES string of the molecule is Cc1cc(O)c2c(c1)CCC21CCC(=O)CC1. The van der Waals surface area contributed by atoms with Gasteiger partial charge in [-0.1, -0.05) is 6.07 Å². The largest absolute Gasteiger partial charge is 0.508 e. The van der Waals surface area contributed by atoms with Crippen LogP contribution in [-0.4, -0.2) is 10.9 Å². The average molecular weight is 230 g/mol. The van der Waals surface area contributed by atoms with Crippen LogP contribution in [0.25, 0.3) is 0 Å². The van der Waals surface area contributed by atoms with Crippen molar-refractivity contribution in [3.63, 3.8) is 0 Å². The first-order valence-corrected chi connectivity index (χ1v) is 6.45. The molecule has 2 aliphatic carbocycles. The third-order valence-corrected chi connectivity index (χ3v) is 4.51. The summed E-state index contributed by atoms with van der Waals surface area (Å²) in [7, 11) is 0. The van der Waals surface area contributed by atoms with Gasteiger partial charge in [-0.05, 0) is 49.8 Å². The number of carbonyl (C=O) groups is 1. The minimum Gasteiger partial charge on any atom is -0.508 e. The molecule has 1 fully saturated rings. The Morgan fingerprint density at radius 2 is 1.76 bits per heavy atom. The highest BCUT2D eigenvalue weighted by molar-refractivity contribution is 5.80. The average Bonchev–Trinajstić information content (AvgIpc) is 2.62. The molecule has 1 N–H and O–H groups in total. The molecule has 90 valence electrons. The van der Waals surface area contributed by atoms with Crippen LogP contribution in [0.4, 0.5) is 0 Å². The highest BCUT2D eigenvalue weighted by Gasteiger charge is 2.43. The summed E-state index contributed by atoms with van der Waals surface area (Å²) >= 11 is 0. The van der Waals surface area contributed by atoms with Crippen LogP contribution in [0.3, 0.4) is 0 Å². The Bertz CT molecular complexity index is 478. The van der Waals surface area contributed by atoms with E-state index in [1.165, 1.54) is 5.56 Å². The molecule has 2 heteroatoms. The lowest BCUT2D eigenvalue weighted by molar-refractivity contribution is -0.121. The second kappa shape index (κ2) is 3.59. The van der Waals surface area contributed by atoms with Gasteiger partial charge in [0.2, 0.25) is 0 Å². The van der Waals surface area contributed by atoms with Gasteiger partial charge < -0.3 is 5.11 Å². The van der Waals surface area contributed by atoms with Gasteiger partial charge in [-0.25, -0.2) is 0 Å². The smallest absolute Gasteiger partial charge is 0.132 e. The Kier molecular flexibility index (Phi) is 2.29. The van der Waals surface area contributed by atoms with E-state index in [-0.39, 0.29) is 5.41 Å². The lowest BCUT2D eigenvalue weighted by atomic mass is 9.69. The van der Waals surface area contributed by atoms with E-state index >= 15 is 0 Å². The Morgan fingerprint density at radius 1 is 1.12 bits per heavy atom. The van der Waals surface area contributed by atoms with Gasteiger partial charge in [0, 0.05) is 23.8 Å². The number of carbonyl (C=O) groups excluding carboxylic acids is 1. The molecule has 3 rings (SSSR count). The second-order valence-corrected chi connectivity index (χ2v) is 5.64. The van der Waals surface area contributed by atoms with E-state index in [1.54, 1.807) is 0 Å². The second-order valence-electron chi connectivity index (χ2n) is 5.64. The Morgan fingerprint density at radius 3 is 2.47 bits per heavy atom. The van der Waals surface area contributed by atoms with Crippen molar-refractivity contribution in [3.05, 3.63) is 28.8 Å². The molecule has 17 heavy (non-hydrogen) atoms. The van der Waals surface area contributed by atoms with Crippen molar-refractivity contribution in [2.75, 3.05) is 0 Å². The molecule has 0 radical (unpaired) electrons. The molecule has 1 saturated carbocycles. The normalized spacial score (nSPS) is 21.8. The number of ketones is 1. The molecule has 0 unspecified atom stereocenters. The number of hydrogen-bond acceptors (Lipinski definition) is 2. The zero-order valence-corrected chi connectivity index (χ0v) is 10.3. The minimum absolute atomic E-state index is 0.0982. The van der Waals surface area contributed by atoms with E-state index in [2.05, 4.69) is 6.07 Å². The van der Waals surface area contributed by atoms with E-state index in [1.807, 2.05) is 13.0 Å². The Labute approximate surface area is 102 Å². The third kappa shape index (κ3) is 1.58. The summed E-state index contributed by atoms with van der Waals surface area (Å²) in [5.41, 5.74) is 3.68. The Balaban J connectivity index is 2.06. The van der Waals surface area contributed by atoms with Gasteiger partial charge in [-0.3, -0.25) is 4.79 Å². The molecule has 0 aromatic heterocycles. The summed E-state index contributed by atoms with van der Waals surface area (Å²) in [6.07, 6.45) is 5.38. The molecule has 1 aromatic carbocycles. The fourth-order valence-electron chi connectivity index (χ4n) is 3.66. The van der Waals surface area contributed by atoms with E-state index in [4.69, 9.17) is 0 Å². The quantitative estimate of drug-likeness (QED) is 0.743. The number of hydrogen-bond donors (Lipinski definition) is 1. The van der Waals surface area contributed by atoms with Gasteiger partial charge in [-0.2, -0.15) is 0 Å². The van der Waals surface area contributed by atoms with Gasteiger partial charge in [-0.15, -0.1) is 0 Å². The molecule has 1 spiro atoms. The first-order chi connectivity index (χ1) is 8.11. The lowest BCUT2D eigenvalue weighted by Gasteiger charge is -2.34. The van der Waals surface area contributed by atoms with Crippen LogP contribution in [-0.2, 0) is 16.6 Å². The van der Waals surface area contributed by atoms with Crippen molar-refractivity contribution in [1.29, 1.82) is 0 Å². The zero-order valence-electron chi connectivity index (χ0n) is 10.3.